The summed E-state index contributed by atoms with van der Waals surface area (Å²) in [7, 11) is 0. The van der Waals surface area contributed by atoms with Crippen molar-refractivity contribution in [2.45, 2.75) is 0 Å². The first-order chi connectivity index (χ1) is 12.6. The van der Waals surface area contributed by atoms with Gasteiger partial charge in [0.1, 0.15) is 5.82 Å². The predicted molar refractivity (Wildman–Crippen MR) is 99.2 cm³/mol. The summed E-state index contributed by atoms with van der Waals surface area (Å²) >= 11 is 0. The van der Waals surface area contributed by atoms with E-state index < -0.39 is 0 Å². The van der Waals surface area contributed by atoms with Crippen molar-refractivity contribution in [3.05, 3.63) is 54.3 Å². The van der Waals surface area contributed by atoms with Crippen molar-refractivity contribution < 1.29 is 9.50 Å². The molecule has 134 valence electrons. The van der Waals surface area contributed by atoms with E-state index in [1.54, 1.807) is 30.3 Å². The number of aliphatic hydroxyl groups excluding tert-OH is 1. The Labute approximate surface area is 149 Å². The van der Waals surface area contributed by atoms with Gasteiger partial charge in [0.15, 0.2) is 0 Å². The fourth-order valence-corrected chi connectivity index (χ4v) is 2.18. The second-order valence-corrected chi connectivity index (χ2v) is 5.34. The van der Waals surface area contributed by atoms with Crippen molar-refractivity contribution >= 4 is 34.9 Å². The molecule has 0 unspecified atom stereocenters. The summed E-state index contributed by atoms with van der Waals surface area (Å²) in [6, 6.07) is 13.1. The highest BCUT2D eigenvalue weighted by Gasteiger charge is 2.08. The fraction of sp³-hybridized carbons (Fsp3) is 0.118. The lowest BCUT2D eigenvalue weighted by atomic mass is 10.3. The van der Waals surface area contributed by atoms with Gasteiger partial charge in [-0.1, -0.05) is 12.1 Å². The minimum Gasteiger partial charge on any atom is -0.399 e. The van der Waals surface area contributed by atoms with Gasteiger partial charge in [-0.2, -0.15) is 15.0 Å². The topological polar surface area (TPSA) is 121 Å². The van der Waals surface area contributed by atoms with Crippen molar-refractivity contribution in [1.82, 2.24) is 15.0 Å². The van der Waals surface area contributed by atoms with Crippen LogP contribution in [0.4, 0.5) is 39.3 Å². The lowest BCUT2D eigenvalue weighted by Crippen LogP contribution is -2.12. The lowest BCUT2D eigenvalue weighted by Gasteiger charge is -2.11. The SMILES string of the molecule is Nc1cccc(Nc2nc(NCCO)nc(Nc3cccc(F)c3)n2)c1. The summed E-state index contributed by atoms with van der Waals surface area (Å²) in [6.45, 7) is 0.206. The highest BCUT2D eigenvalue weighted by atomic mass is 19.1. The summed E-state index contributed by atoms with van der Waals surface area (Å²) < 4.78 is 13.4. The van der Waals surface area contributed by atoms with Gasteiger partial charge in [-0.05, 0) is 36.4 Å². The number of rotatable bonds is 7. The number of hydrogen-bond acceptors (Lipinski definition) is 8. The molecule has 0 radical (unpaired) electrons. The summed E-state index contributed by atoms with van der Waals surface area (Å²) in [4.78, 5) is 12.7. The molecule has 3 aromatic rings. The molecule has 8 nitrogen and oxygen atoms in total. The van der Waals surface area contributed by atoms with E-state index in [1.807, 2.05) is 6.07 Å². The molecule has 0 saturated carbocycles. The van der Waals surface area contributed by atoms with Crippen LogP contribution in [0.3, 0.4) is 0 Å². The molecule has 1 aromatic heterocycles. The number of benzene rings is 2. The van der Waals surface area contributed by atoms with Crippen molar-refractivity contribution in [3.8, 4) is 0 Å². The zero-order valence-electron chi connectivity index (χ0n) is 13.8. The quantitative estimate of drug-likeness (QED) is 0.410. The van der Waals surface area contributed by atoms with Crippen molar-refractivity contribution in [2.24, 2.45) is 0 Å². The van der Waals surface area contributed by atoms with Crippen LogP contribution in [0, 0.1) is 5.82 Å². The second-order valence-electron chi connectivity index (χ2n) is 5.34. The van der Waals surface area contributed by atoms with E-state index >= 15 is 0 Å². The molecule has 0 amide bonds. The van der Waals surface area contributed by atoms with Crippen LogP contribution in [-0.2, 0) is 0 Å². The van der Waals surface area contributed by atoms with Gasteiger partial charge in [0.2, 0.25) is 17.8 Å². The summed E-state index contributed by atoms with van der Waals surface area (Å²) in [6.07, 6.45) is 0. The predicted octanol–water partition coefficient (Wildman–Crippen LogP) is 2.48. The van der Waals surface area contributed by atoms with Crippen LogP contribution in [0.1, 0.15) is 0 Å². The average molecular weight is 355 g/mol. The van der Waals surface area contributed by atoms with Crippen LogP contribution in [0.5, 0.6) is 0 Å². The fourth-order valence-electron chi connectivity index (χ4n) is 2.18. The number of anilines is 6. The molecular formula is C17H18FN7O. The maximum absolute atomic E-state index is 13.4. The van der Waals surface area contributed by atoms with Gasteiger partial charge in [0.05, 0.1) is 6.61 Å². The van der Waals surface area contributed by atoms with Crippen LogP contribution in [0.2, 0.25) is 0 Å². The minimum absolute atomic E-state index is 0.0731. The molecule has 0 aliphatic carbocycles. The first-order valence-corrected chi connectivity index (χ1v) is 7.88. The molecule has 0 bridgehead atoms. The number of hydrogen-bond donors (Lipinski definition) is 5. The normalized spacial score (nSPS) is 10.4. The standard InChI is InChI=1S/C17H18FN7O/c18-11-3-1-5-13(9-11)21-16-23-15(20-7-8-26)24-17(25-16)22-14-6-2-4-12(19)10-14/h1-6,9-10,26H,7-8,19H2,(H3,20,21,22,23,24,25). The number of nitrogen functional groups attached to an aromatic ring is 1. The molecule has 2 aromatic carbocycles. The molecule has 0 aliphatic heterocycles. The zero-order valence-corrected chi connectivity index (χ0v) is 13.8. The number of nitrogens with zero attached hydrogens (tertiary/aromatic N) is 3. The van der Waals surface area contributed by atoms with Crippen LogP contribution < -0.4 is 21.7 Å². The summed E-state index contributed by atoms with van der Waals surface area (Å²) in [5.41, 5.74) is 7.58. The Kier molecular flexibility index (Phi) is 5.40. The Bertz CT molecular complexity index is 825. The van der Waals surface area contributed by atoms with E-state index in [0.717, 1.165) is 0 Å². The van der Waals surface area contributed by atoms with Gasteiger partial charge in [0, 0.05) is 23.6 Å². The van der Waals surface area contributed by atoms with E-state index in [-0.39, 0.29) is 36.8 Å². The summed E-state index contributed by atoms with van der Waals surface area (Å²) in [5, 5.41) is 17.8. The highest BCUT2D eigenvalue weighted by Crippen LogP contribution is 2.20. The van der Waals surface area contributed by atoms with E-state index in [2.05, 4.69) is 30.9 Å². The van der Waals surface area contributed by atoms with Crippen molar-refractivity contribution in [3.63, 3.8) is 0 Å². The van der Waals surface area contributed by atoms with Gasteiger partial charge in [-0.25, -0.2) is 4.39 Å². The third-order valence-electron chi connectivity index (χ3n) is 3.25. The highest BCUT2D eigenvalue weighted by molar-refractivity contribution is 5.62. The van der Waals surface area contributed by atoms with Crippen molar-refractivity contribution in [1.29, 1.82) is 0 Å². The first-order valence-electron chi connectivity index (χ1n) is 7.88. The molecule has 1 heterocycles. The Morgan fingerprint density at radius 3 is 2.12 bits per heavy atom. The average Bonchev–Trinajstić information content (AvgIpc) is 2.60. The Hall–Kier alpha value is -3.46. The molecule has 3 rings (SSSR count). The van der Waals surface area contributed by atoms with Gasteiger partial charge < -0.3 is 26.8 Å². The minimum atomic E-state index is -0.374. The Balaban J connectivity index is 1.87. The molecule has 9 heteroatoms. The van der Waals surface area contributed by atoms with Gasteiger partial charge in [-0.15, -0.1) is 0 Å². The number of nitrogens with two attached hydrogens (primary N) is 1. The van der Waals surface area contributed by atoms with E-state index in [1.165, 1.54) is 12.1 Å². The Morgan fingerprint density at radius 1 is 0.885 bits per heavy atom. The molecule has 0 atom stereocenters. The van der Waals surface area contributed by atoms with E-state index in [0.29, 0.717) is 17.1 Å². The zero-order chi connectivity index (χ0) is 18.4. The van der Waals surface area contributed by atoms with E-state index in [9.17, 15) is 4.39 Å². The van der Waals surface area contributed by atoms with Gasteiger partial charge >= 0.3 is 0 Å². The molecule has 6 N–H and O–H groups in total. The third-order valence-corrected chi connectivity index (χ3v) is 3.25. The monoisotopic (exact) mass is 355 g/mol. The molecule has 0 saturated heterocycles. The first kappa shape index (κ1) is 17.4. The molecule has 0 spiro atoms. The summed E-state index contributed by atoms with van der Waals surface area (Å²) in [5.74, 6) is 0.377. The van der Waals surface area contributed by atoms with Gasteiger partial charge in [-0.3, -0.25) is 0 Å². The number of nitrogens with one attached hydrogen (secondary N) is 3. The third kappa shape index (κ3) is 4.77. The maximum Gasteiger partial charge on any atom is 0.233 e. The van der Waals surface area contributed by atoms with Crippen LogP contribution in [-0.4, -0.2) is 33.2 Å². The molecule has 0 aliphatic rings. The molecule has 0 fully saturated rings. The largest absolute Gasteiger partial charge is 0.399 e. The smallest absolute Gasteiger partial charge is 0.233 e. The molecular weight excluding hydrogens is 337 g/mol. The Morgan fingerprint density at radius 2 is 1.50 bits per heavy atom. The number of aromatic nitrogens is 3. The van der Waals surface area contributed by atoms with Gasteiger partial charge in [0.25, 0.3) is 0 Å². The van der Waals surface area contributed by atoms with Crippen LogP contribution in [0.15, 0.2) is 48.5 Å². The van der Waals surface area contributed by atoms with Crippen LogP contribution in [0.25, 0.3) is 0 Å². The maximum atomic E-state index is 13.4. The van der Waals surface area contributed by atoms with E-state index in [4.69, 9.17) is 10.8 Å². The second kappa shape index (κ2) is 8.08. The number of halogens is 1. The lowest BCUT2D eigenvalue weighted by molar-refractivity contribution is 0.311. The van der Waals surface area contributed by atoms with Crippen LogP contribution >= 0.6 is 0 Å². The molecule has 26 heavy (non-hydrogen) atoms. The van der Waals surface area contributed by atoms with Crippen molar-refractivity contribution in [2.75, 3.05) is 34.8 Å². The number of aliphatic hydroxyl groups is 1.